The summed E-state index contributed by atoms with van der Waals surface area (Å²) in [6.45, 7) is 29.3. The van der Waals surface area contributed by atoms with Gasteiger partial charge in [0.25, 0.3) is 0 Å². The van der Waals surface area contributed by atoms with E-state index in [1.165, 1.54) is 86.5 Å². The van der Waals surface area contributed by atoms with Crippen molar-refractivity contribution < 1.29 is 14.3 Å². The van der Waals surface area contributed by atoms with Crippen LogP contribution in [-0.4, -0.2) is 52.2 Å². The fraction of sp³-hybridized carbons (Fsp3) is 0.971. The molecule has 0 bridgehead atoms. The van der Waals surface area contributed by atoms with E-state index in [0.717, 1.165) is 6.42 Å². The molecule has 0 aliphatic heterocycles. The maximum Gasteiger partial charge on any atom is 0.161 e. The van der Waals surface area contributed by atoms with Crippen LogP contribution in [0.5, 0.6) is 0 Å². The number of rotatable bonds is 20. The van der Waals surface area contributed by atoms with Crippen molar-refractivity contribution in [3.8, 4) is 0 Å². The predicted octanol–water partition coefficient (Wildman–Crippen LogP) is 11.2. The van der Waals surface area contributed by atoms with E-state index < -0.39 is 35.7 Å². The molecule has 7 heteroatoms. The van der Waals surface area contributed by atoms with Crippen LogP contribution in [0.3, 0.4) is 0 Å². The fourth-order valence-corrected chi connectivity index (χ4v) is 110. The zero-order chi connectivity index (χ0) is 32.5. The Morgan fingerprint density at radius 1 is 0.690 bits per heavy atom. The predicted molar refractivity (Wildman–Crippen MR) is 198 cm³/mol. The molecule has 0 heterocycles. The lowest BCUT2D eigenvalue weighted by Gasteiger charge is -2.67. The lowest BCUT2D eigenvalue weighted by Crippen LogP contribution is -2.91. The van der Waals surface area contributed by atoms with E-state index in [-0.39, 0.29) is 23.2 Å². The van der Waals surface area contributed by atoms with Gasteiger partial charge in [-0.2, -0.15) is 0 Å². The van der Waals surface area contributed by atoms with Crippen molar-refractivity contribution >= 4 is 35.4 Å². The monoisotopic (exact) mass is 656 g/mol. The number of carbonyl (C=O) groups is 1. The number of aliphatic hydroxyl groups is 1. The summed E-state index contributed by atoms with van der Waals surface area (Å²) in [4.78, 5) is 14.2. The van der Waals surface area contributed by atoms with Gasteiger partial charge in [-0.1, -0.05) is 164 Å². The third kappa shape index (κ3) is 7.37. The number of aliphatic hydroxyl groups excluding tert-OH is 1. The van der Waals surface area contributed by atoms with E-state index in [1.54, 1.807) is 0 Å². The molecule has 2 atom stereocenters. The summed E-state index contributed by atoms with van der Waals surface area (Å²) >= 11 is 0. The molecule has 0 amide bonds. The minimum absolute atomic E-state index is 0.248. The van der Waals surface area contributed by atoms with Gasteiger partial charge >= 0.3 is 0 Å². The van der Waals surface area contributed by atoms with Gasteiger partial charge in [0.05, 0.1) is 34.5 Å². The Labute approximate surface area is 267 Å². The van der Waals surface area contributed by atoms with Crippen LogP contribution in [-0.2, 0) is 9.22 Å². The lowest BCUT2D eigenvalue weighted by molar-refractivity contribution is -0.129. The van der Waals surface area contributed by atoms with Crippen molar-refractivity contribution in [2.45, 2.75) is 207 Å². The summed E-state index contributed by atoms with van der Waals surface area (Å²) in [6, 6.07) is 12.2. The minimum atomic E-state index is -2.32. The van der Waals surface area contributed by atoms with Crippen LogP contribution < -0.4 is 0 Å². The second-order valence-electron chi connectivity index (χ2n) is 15.4. The molecule has 1 aliphatic carbocycles. The molecule has 3 nitrogen and oxygen atoms in total. The smallest absolute Gasteiger partial charge is 0.161 e. The highest BCUT2D eigenvalue weighted by Gasteiger charge is 2.74. The Morgan fingerprint density at radius 2 is 1.05 bits per heavy atom. The number of carbonyl (C=O) groups excluding carboxylic acids is 1. The first kappa shape index (κ1) is 40.5. The summed E-state index contributed by atoms with van der Waals surface area (Å²) in [6.07, 6.45) is 7.44. The first-order chi connectivity index (χ1) is 19.7. The third-order valence-corrected chi connectivity index (χ3v) is 83.5. The quantitative estimate of drug-likeness (QED) is 0.133. The zero-order valence-corrected chi connectivity index (χ0v) is 34.9. The normalized spacial score (nSPS) is 18.6. The second-order valence-corrected chi connectivity index (χ2v) is 51.4. The van der Waals surface area contributed by atoms with Crippen molar-refractivity contribution in [2.75, 3.05) is 0 Å². The standard InChI is InChI=1S/C35H76O3Si4/c1-14-35(31-27-25-24-26-28-31,30-32(36)29-33(37)34(11,12)13)38-42(39(15-2,16-3)17-4,40(18-5,19-6)20-7)41(21-8,22-9)23-10/h31,33,37H,14-30H2,1-13H3/t33-,35+/m1/s1. The Balaban J connectivity index is 4.27. The van der Waals surface area contributed by atoms with Crippen molar-refractivity contribution in [3.05, 3.63) is 0 Å². The average Bonchev–Trinajstić information content (AvgIpc) is 3.00. The SMILES string of the molecule is CC[C@@](CC(=O)C[C@@H](O)C(C)(C)C)(O[Si]([Si](CC)(CC)CC)([Si](CC)(CC)CC)[Si](CC)(CC)CC)C1CCCCC1. The van der Waals surface area contributed by atoms with Gasteiger partial charge < -0.3 is 9.53 Å². The first-order valence-electron chi connectivity index (χ1n) is 18.6. The lowest BCUT2D eigenvalue weighted by atomic mass is 9.72. The van der Waals surface area contributed by atoms with Gasteiger partial charge in [-0.15, -0.1) is 0 Å². The summed E-state index contributed by atoms with van der Waals surface area (Å²) in [7, 11) is -5.45. The van der Waals surface area contributed by atoms with Gasteiger partial charge in [-0.25, -0.2) is 0 Å². The Kier molecular flexibility index (Phi) is 16.2. The summed E-state index contributed by atoms with van der Waals surface area (Å²) < 4.78 is 8.79. The van der Waals surface area contributed by atoms with Crippen LogP contribution in [0.15, 0.2) is 0 Å². The first-order valence-corrected chi connectivity index (χ1v) is 31.4. The van der Waals surface area contributed by atoms with E-state index in [1.807, 2.05) is 0 Å². The topological polar surface area (TPSA) is 46.5 Å². The van der Waals surface area contributed by atoms with Crippen LogP contribution in [0, 0.1) is 11.3 Å². The molecule has 0 spiro atoms. The second kappa shape index (κ2) is 16.9. The largest absolute Gasteiger partial charge is 0.420 e. The number of hydrogen-bond acceptors (Lipinski definition) is 3. The maximum atomic E-state index is 14.2. The molecule has 1 rings (SSSR count). The van der Waals surface area contributed by atoms with Gasteiger partial charge in [0.15, 0.2) is 6.87 Å². The molecule has 1 N–H and O–H groups in total. The van der Waals surface area contributed by atoms with E-state index >= 15 is 0 Å². The van der Waals surface area contributed by atoms with E-state index in [0.29, 0.717) is 12.3 Å². The molecular formula is C35H76O3Si4. The van der Waals surface area contributed by atoms with Crippen molar-refractivity contribution in [3.63, 3.8) is 0 Å². The molecular weight excluding hydrogens is 581 g/mol. The Bertz CT molecular complexity index is 717. The average molecular weight is 657 g/mol. The summed E-state index contributed by atoms with van der Waals surface area (Å²) in [5.41, 5.74) is -0.637. The maximum absolute atomic E-state index is 14.2. The van der Waals surface area contributed by atoms with Crippen LogP contribution in [0.2, 0.25) is 54.4 Å². The highest BCUT2D eigenvalue weighted by molar-refractivity contribution is 7.88. The molecule has 0 unspecified atom stereocenters. The van der Waals surface area contributed by atoms with Crippen LogP contribution in [0.4, 0.5) is 0 Å². The van der Waals surface area contributed by atoms with Crippen molar-refractivity contribution in [1.29, 1.82) is 0 Å². The molecule has 0 saturated heterocycles. The van der Waals surface area contributed by atoms with E-state index in [9.17, 15) is 9.90 Å². The molecule has 1 aliphatic rings. The Hall–Kier alpha value is 0.458. The van der Waals surface area contributed by atoms with Crippen LogP contribution in [0.25, 0.3) is 0 Å². The molecule has 42 heavy (non-hydrogen) atoms. The van der Waals surface area contributed by atoms with Crippen molar-refractivity contribution in [1.82, 2.24) is 0 Å². The highest BCUT2D eigenvalue weighted by Crippen LogP contribution is 2.55. The van der Waals surface area contributed by atoms with E-state index in [2.05, 4.69) is 90.0 Å². The summed E-state index contributed by atoms with van der Waals surface area (Å²) in [5, 5.41) is 11.1. The molecule has 250 valence electrons. The van der Waals surface area contributed by atoms with Gasteiger partial charge in [-0.3, -0.25) is 4.79 Å². The van der Waals surface area contributed by atoms with Crippen molar-refractivity contribution in [2.24, 2.45) is 11.3 Å². The molecule has 0 radical (unpaired) electrons. The van der Waals surface area contributed by atoms with E-state index in [4.69, 9.17) is 4.43 Å². The molecule has 1 fully saturated rings. The number of Topliss-reactive ketones (excluding diaryl/α,β-unsaturated/α-hetero) is 1. The molecule has 0 aromatic heterocycles. The van der Waals surface area contributed by atoms with Crippen LogP contribution in [0.1, 0.15) is 141 Å². The van der Waals surface area contributed by atoms with Gasteiger partial charge in [0.2, 0.25) is 0 Å². The summed E-state index contributed by atoms with van der Waals surface area (Å²) in [5.74, 6) is 0.726. The minimum Gasteiger partial charge on any atom is -0.420 e. The highest BCUT2D eigenvalue weighted by atomic mass is 29.9. The zero-order valence-electron chi connectivity index (χ0n) is 30.9. The molecule has 0 aromatic carbocycles. The van der Waals surface area contributed by atoms with Gasteiger partial charge in [-0.05, 0) is 30.6 Å². The van der Waals surface area contributed by atoms with Crippen LogP contribution >= 0.6 is 0 Å². The van der Waals surface area contributed by atoms with Gasteiger partial charge in [0.1, 0.15) is 5.78 Å². The number of ketones is 1. The Morgan fingerprint density at radius 3 is 1.33 bits per heavy atom. The molecule has 0 aromatic rings. The number of hydrogen-bond donors (Lipinski definition) is 1. The third-order valence-electron chi connectivity index (χ3n) is 13.6. The molecule has 1 saturated carbocycles. The van der Waals surface area contributed by atoms with Gasteiger partial charge in [0, 0.05) is 12.8 Å². The fourth-order valence-electron chi connectivity index (χ4n) is 10.1.